The van der Waals surface area contributed by atoms with Gasteiger partial charge in [-0.15, -0.1) is 0 Å². The van der Waals surface area contributed by atoms with Crippen LogP contribution in [0, 0.1) is 0 Å². The van der Waals surface area contributed by atoms with Gasteiger partial charge in [0, 0.05) is 6.54 Å². The first-order valence-corrected chi connectivity index (χ1v) is 6.00. The molecule has 0 aromatic rings. The van der Waals surface area contributed by atoms with Crippen molar-refractivity contribution in [3.05, 3.63) is 0 Å². The normalized spacial score (nSPS) is 13.2. The molecule has 0 saturated carbocycles. The molecular formula is C7H15N6O5S-. The summed E-state index contributed by atoms with van der Waals surface area (Å²) in [5.41, 5.74) is 20.2. The summed E-state index contributed by atoms with van der Waals surface area (Å²) in [4.78, 5) is 29.8. The number of nitrogens with zero attached hydrogens (tertiary/aromatic N) is 2. The summed E-state index contributed by atoms with van der Waals surface area (Å²) in [7, 11) is 0. The number of amides is 2. The smallest absolute Gasteiger partial charge is 0.360 e. The number of carbonyl (C=O) groups is 2. The number of urea groups is 1. The first-order valence-electron chi connectivity index (χ1n) is 4.97. The Morgan fingerprint density at radius 1 is 1.37 bits per heavy atom. The van der Waals surface area contributed by atoms with E-state index in [9.17, 15) is 18.4 Å². The lowest BCUT2D eigenvalue weighted by molar-refractivity contribution is -0.164. The zero-order valence-corrected chi connectivity index (χ0v) is 10.7. The second-order valence-corrected chi connectivity index (χ2v) is 4.04. The Morgan fingerprint density at radius 2 is 1.95 bits per heavy atom. The number of hydrogen-bond acceptors (Lipinski definition) is 7. The van der Waals surface area contributed by atoms with E-state index in [-0.39, 0.29) is 23.4 Å². The average Bonchev–Trinajstić information content (AvgIpc) is 2.29. The molecule has 2 amide bonds. The molecule has 0 aliphatic heterocycles. The summed E-state index contributed by atoms with van der Waals surface area (Å²) < 4.78 is 20.7. The van der Waals surface area contributed by atoms with E-state index in [1.54, 1.807) is 0 Å². The molecule has 8 N–H and O–H groups in total. The molecule has 0 radical (unpaired) electrons. The van der Waals surface area contributed by atoms with Crippen LogP contribution in [0.25, 0.3) is 0 Å². The van der Waals surface area contributed by atoms with Crippen LogP contribution in [-0.4, -0.2) is 43.8 Å². The van der Waals surface area contributed by atoms with E-state index in [1.807, 2.05) is 0 Å². The summed E-state index contributed by atoms with van der Waals surface area (Å²) in [5, 5.41) is 0. The van der Waals surface area contributed by atoms with Gasteiger partial charge >= 0.3 is 12.0 Å². The monoisotopic (exact) mass is 295 g/mol. The van der Waals surface area contributed by atoms with E-state index in [4.69, 9.17) is 17.2 Å². The molecule has 0 aliphatic rings. The molecule has 12 heteroatoms. The number of carbonyl (C=O) groups excluding carboxylic acids is 2. The van der Waals surface area contributed by atoms with Crippen molar-refractivity contribution in [2.45, 2.75) is 18.9 Å². The SMILES string of the molecule is NC(=O)N(OC(=O)[C@@H](N)CCCN=C(N)N)S(=O)[O-]. The lowest BCUT2D eigenvalue weighted by Gasteiger charge is -2.21. The highest BCUT2D eigenvalue weighted by molar-refractivity contribution is 7.77. The molecule has 0 aromatic carbocycles. The number of hydroxylamine groups is 1. The van der Waals surface area contributed by atoms with Gasteiger partial charge in [0.2, 0.25) is 0 Å². The van der Waals surface area contributed by atoms with Gasteiger partial charge in [-0.2, -0.15) is 0 Å². The van der Waals surface area contributed by atoms with Crippen LogP contribution in [-0.2, 0) is 20.9 Å². The van der Waals surface area contributed by atoms with Crippen molar-refractivity contribution in [2.75, 3.05) is 6.54 Å². The Balaban J connectivity index is 4.22. The minimum absolute atomic E-state index is 0.0993. The maximum absolute atomic E-state index is 11.3. The molecule has 0 saturated heterocycles. The minimum atomic E-state index is -3.13. The van der Waals surface area contributed by atoms with E-state index in [0.717, 1.165) is 0 Å². The Hall–Kier alpha value is -1.92. The number of primary amides is 1. The maximum Gasteiger partial charge on any atom is 0.360 e. The van der Waals surface area contributed by atoms with E-state index < -0.39 is 29.3 Å². The molecule has 19 heavy (non-hydrogen) atoms. The molecule has 2 atom stereocenters. The summed E-state index contributed by atoms with van der Waals surface area (Å²) in [6.07, 6.45) is 0.499. The number of nitrogens with two attached hydrogens (primary N) is 4. The van der Waals surface area contributed by atoms with Gasteiger partial charge in [0.15, 0.2) is 5.96 Å². The van der Waals surface area contributed by atoms with Crippen molar-refractivity contribution in [3.8, 4) is 0 Å². The predicted molar refractivity (Wildman–Crippen MR) is 64.3 cm³/mol. The van der Waals surface area contributed by atoms with Gasteiger partial charge in [-0.3, -0.25) is 4.99 Å². The summed E-state index contributed by atoms with van der Waals surface area (Å²) in [6, 6.07) is -2.60. The second kappa shape index (κ2) is 8.23. The van der Waals surface area contributed by atoms with Crippen molar-refractivity contribution in [1.29, 1.82) is 0 Å². The highest BCUT2D eigenvalue weighted by Crippen LogP contribution is 2.01. The molecule has 0 rings (SSSR count). The molecule has 0 bridgehead atoms. The van der Waals surface area contributed by atoms with Gasteiger partial charge < -0.3 is 32.3 Å². The fraction of sp³-hybridized carbons (Fsp3) is 0.571. The lowest BCUT2D eigenvalue weighted by Crippen LogP contribution is -2.43. The predicted octanol–water partition coefficient (Wildman–Crippen LogP) is -3.00. The summed E-state index contributed by atoms with van der Waals surface area (Å²) in [5.74, 6) is -1.22. The van der Waals surface area contributed by atoms with Gasteiger partial charge in [-0.1, -0.05) is 4.47 Å². The summed E-state index contributed by atoms with van der Waals surface area (Å²) >= 11 is -3.13. The zero-order valence-electron chi connectivity index (χ0n) is 9.85. The van der Waals surface area contributed by atoms with Crippen molar-refractivity contribution >= 4 is 29.2 Å². The third-order valence-corrected chi connectivity index (χ3v) is 2.28. The van der Waals surface area contributed by atoms with Crippen molar-refractivity contribution in [3.63, 3.8) is 0 Å². The minimum Gasteiger partial charge on any atom is -0.753 e. The summed E-state index contributed by atoms with van der Waals surface area (Å²) in [6.45, 7) is 0.246. The molecule has 0 spiro atoms. The molecule has 110 valence electrons. The van der Waals surface area contributed by atoms with Gasteiger partial charge in [0.1, 0.15) is 6.04 Å². The Kier molecular flexibility index (Phi) is 7.40. The highest BCUT2D eigenvalue weighted by Gasteiger charge is 2.22. The number of guanidine groups is 1. The standard InChI is InChI=1S/C7H16N6O5S/c8-4(2-1-3-12-6(9)10)5(14)18-13(7(11)15)19(16)17/h4H,1-3,8H2,(H2,11,15)(H,16,17)(H4,9,10,12)/p-1/t4-/m0/s1. The van der Waals surface area contributed by atoms with Crippen molar-refractivity contribution in [2.24, 2.45) is 27.9 Å². The maximum atomic E-state index is 11.3. The molecule has 11 nitrogen and oxygen atoms in total. The third-order valence-electron chi connectivity index (χ3n) is 1.76. The van der Waals surface area contributed by atoms with Crippen LogP contribution >= 0.6 is 0 Å². The first kappa shape index (κ1) is 17.1. The molecule has 0 aliphatic carbocycles. The van der Waals surface area contributed by atoms with Crippen LogP contribution in [0.4, 0.5) is 4.79 Å². The van der Waals surface area contributed by atoms with E-state index in [2.05, 4.69) is 15.6 Å². The Labute approximate surface area is 111 Å². The van der Waals surface area contributed by atoms with Crippen LogP contribution in [0.1, 0.15) is 12.8 Å². The lowest BCUT2D eigenvalue weighted by atomic mass is 10.2. The van der Waals surface area contributed by atoms with E-state index in [1.165, 1.54) is 0 Å². The fourth-order valence-corrected chi connectivity index (χ4v) is 1.22. The average molecular weight is 295 g/mol. The van der Waals surface area contributed by atoms with Gasteiger partial charge in [0.25, 0.3) is 0 Å². The molecular weight excluding hydrogens is 280 g/mol. The molecule has 0 fully saturated rings. The Bertz CT molecular complexity index is 370. The fourth-order valence-electron chi connectivity index (χ4n) is 0.935. The van der Waals surface area contributed by atoms with Crippen LogP contribution < -0.4 is 22.9 Å². The topological polar surface area (TPSA) is 203 Å². The van der Waals surface area contributed by atoms with Gasteiger partial charge in [0.05, 0.1) is 11.3 Å². The van der Waals surface area contributed by atoms with Crippen LogP contribution in [0.2, 0.25) is 0 Å². The quantitative estimate of drug-likeness (QED) is 0.130. The molecule has 0 aromatic heterocycles. The van der Waals surface area contributed by atoms with Crippen LogP contribution in [0.15, 0.2) is 4.99 Å². The van der Waals surface area contributed by atoms with Crippen LogP contribution in [0.5, 0.6) is 0 Å². The second-order valence-electron chi connectivity index (χ2n) is 3.28. The third kappa shape index (κ3) is 7.17. The Morgan fingerprint density at radius 3 is 2.37 bits per heavy atom. The first-order chi connectivity index (χ1) is 8.75. The highest BCUT2D eigenvalue weighted by atomic mass is 32.2. The van der Waals surface area contributed by atoms with E-state index in [0.29, 0.717) is 6.42 Å². The van der Waals surface area contributed by atoms with Gasteiger partial charge in [-0.05, 0) is 12.8 Å². The number of rotatable bonds is 6. The van der Waals surface area contributed by atoms with Crippen molar-refractivity contribution < 1.29 is 23.2 Å². The molecule has 1 unspecified atom stereocenters. The van der Waals surface area contributed by atoms with Crippen LogP contribution in [0.3, 0.4) is 0 Å². The van der Waals surface area contributed by atoms with Crippen molar-refractivity contribution in [1.82, 2.24) is 4.47 Å². The largest absolute Gasteiger partial charge is 0.753 e. The molecule has 0 heterocycles. The number of hydrogen-bond donors (Lipinski definition) is 4. The van der Waals surface area contributed by atoms with Gasteiger partial charge in [-0.25, -0.2) is 13.8 Å². The number of aliphatic imine (C=N–C) groups is 1. The van der Waals surface area contributed by atoms with E-state index >= 15 is 0 Å². The zero-order chi connectivity index (χ0) is 15.0.